The van der Waals surface area contributed by atoms with E-state index in [1.165, 1.54) is 0 Å². The molecule has 2 aromatic rings. The summed E-state index contributed by atoms with van der Waals surface area (Å²) in [5.74, 6) is 0.164. The Morgan fingerprint density at radius 2 is 2.10 bits per heavy atom. The number of nitrogens with one attached hydrogen (secondary N) is 2. The molecule has 0 aliphatic heterocycles. The Morgan fingerprint density at radius 3 is 2.81 bits per heavy atom. The summed E-state index contributed by atoms with van der Waals surface area (Å²) in [5.41, 5.74) is 3.08. The molecule has 5 heteroatoms. The van der Waals surface area contributed by atoms with Crippen molar-refractivity contribution in [3.05, 3.63) is 59.9 Å². The molecule has 0 unspecified atom stereocenters. The number of benzene rings is 1. The van der Waals surface area contributed by atoms with Crippen molar-refractivity contribution in [1.82, 2.24) is 15.3 Å². The second-order valence-corrected chi connectivity index (χ2v) is 4.71. The van der Waals surface area contributed by atoms with Crippen molar-refractivity contribution in [2.24, 2.45) is 0 Å². The van der Waals surface area contributed by atoms with E-state index in [9.17, 15) is 4.79 Å². The van der Waals surface area contributed by atoms with Crippen LogP contribution in [0.2, 0.25) is 0 Å². The maximum atomic E-state index is 11.9. The average Bonchev–Trinajstić information content (AvgIpc) is 2.44. The van der Waals surface area contributed by atoms with Gasteiger partial charge in [0.25, 0.3) is 5.91 Å². The molecule has 108 valence electrons. The molecule has 1 aromatic heterocycles. The number of anilines is 2. The van der Waals surface area contributed by atoms with Crippen molar-refractivity contribution in [3.63, 3.8) is 0 Å². The first-order chi connectivity index (χ1) is 10.1. The predicted molar refractivity (Wildman–Crippen MR) is 83.8 cm³/mol. The van der Waals surface area contributed by atoms with Gasteiger partial charge in [-0.25, -0.2) is 9.97 Å². The van der Waals surface area contributed by atoms with Gasteiger partial charge in [0.05, 0.1) is 0 Å². The normalized spacial score (nSPS) is 10.0. The largest absolute Gasteiger partial charge is 0.347 e. The molecule has 1 aromatic carbocycles. The first kappa shape index (κ1) is 14.7. The molecule has 0 saturated carbocycles. The first-order valence-corrected chi connectivity index (χ1v) is 6.67. The third-order valence-electron chi connectivity index (χ3n) is 2.77. The predicted octanol–water partition coefficient (Wildman–Crippen LogP) is 2.75. The number of carbonyl (C=O) groups is 1. The Kier molecular flexibility index (Phi) is 4.66. The zero-order valence-corrected chi connectivity index (χ0v) is 12.2. The highest BCUT2D eigenvalue weighted by atomic mass is 16.1. The van der Waals surface area contributed by atoms with Gasteiger partial charge in [-0.3, -0.25) is 4.79 Å². The molecule has 5 nitrogen and oxygen atoms in total. The van der Waals surface area contributed by atoms with Crippen molar-refractivity contribution >= 4 is 17.5 Å². The van der Waals surface area contributed by atoms with E-state index in [-0.39, 0.29) is 5.91 Å². The van der Waals surface area contributed by atoms with Gasteiger partial charge in [-0.2, -0.15) is 0 Å². The second-order valence-electron chi connectivity index (χ2n) is 4.71. The van der Waals surface area contributed by atoms with Gasteiger partial charge in [0.1, 0.15) is 5.69 Å². The van der Waals surface area contributed by atoms with Gasteiger partial charge < -0.3 is 10.6 Å². The van der Waals surface area contributed by atoms with Crippen LogP contribution in [-0.4, -0.2) is 22.4 Å². The summed E-state index contributed by atoms with van der Waals surface area (Å²) in [6.07, 6.45) is 1.62. The molecule has 2 rings (SSSR count). The third kappa shape index (κ3) is 4.14. The second kappa shape index (κ2) is 6.65. The molecule has 0 spiro atoms. The van der Waals surface area contributed by atoms with E-state index in [1.54, 1.807) is 12.1 Å². The molecular weight excluding hydrogens is 264 g/mol. The minimum absolute atomic E-state index is 0.243. The number of hydrogen-bond donors (Lipinski definition) is 2. The van der Waals surface area contributed by atoms with E-state index in [1.807, 2.05) is 38.1 Å². The number of aryl methyl sites for hydroxylation is 2. The summed E-state index contributed by atoms with van der Waals surface area (Å²) in [6.45, 7) is 7.81. The number of carbonyl (C=O) groups excluding carboxylic acids is 1. The molecule has 0 aliphatic carbocycles. The lowest BCUT2D eigenvalue weighted by molar-refractivity contribution is 0.0953. The van der Waals surface area contributed by atoms with Crippen LogP contribution >= 0.6 is 0 Å². The zero-order valence-electron chi connectivity index (χ0n) is 12.2. The van der Waals surface area contributed by atoms with Crippen LogP contribution in [0.4, 0.5) is 11.6 Å². The van der Waals surface area contributed by atoms with E-state index >= 15 is 0 Å². The number of hydrogen-bond acceptors (Lipinski definition) is 4. The van der Waals surface area contributed by atoms with Crippen LogP contribution in [0.25, 0.3) is 0 Å². The van der Waals surface area contributed by atoms with E-state index in [0.29, 0.717) is 18.2 Å². The van der Waals surface area contributed by atoms with Crippen LogP contribution in [0, 0.1) is 13.8 Å². The highest BCUT2D eigenvalue weighted by molar-refractivity contribution is 5.92. The highest BCUT2D eigenvalue weighted by Gasteiger charge is 2.09. The lowest BCUT2D eigenvalue weighted by Gasteiger charge is -2.08. The highest BCUT2D eigenvalue weighted by Crippen LogP contribution is 2.15. The van der Waals surface area contributed by atoms with Crippen LogP contribution in [0.1, 0.15) is 21.7 Å². The summed E-state index contributed by atoms with van der Waals surface area (Å²) in [4.78, 5) is 20.5. The Hall–Kier alpha value is -2.69. The summed E-state index contributed by atoms with van der Waals surface area (Å²) >= 11 is 0. The van der Waals surface area contributed by atoms with Gasteiger partial charge in [-0.1, -0.05) is 18.2 Å². The minimum Gasteiger partial charge on any atom is -0.347 e. The molecule has 1 amide bonds. The van der Waals surface area contributed by atoms with Gasteiger partial charge in [0.2, 0.25) is 5.95 Å². The van der Waals surface area contributed by atoms with E-state index in [4.69, 9.17) is 0 Å². The van der Waals surface area contributed by atoms with Crippen LogP contribution in [0.15, 0.2) is 43.0 Å². The van der Waals surface area contributed by atoms with Crippen molar-refractivity contribution in [2.45, 2.75) is 13.8 Å². The molecule has 0 radical (unpaired) electrons. The number of aromatic nitrogens is 2. The van der Waals surface area contributed by atoms with Gasteiger partial charge in [0, 0.05) is 17.9 Å². The average molecular weight is 282 g/mol. The van der Waals surface area contributed by atoms with E-state index in [2.05, 4.69) is 27.2 Å². The number of rotatable bonds is 5. The number of amides is 1. The Labute approximate surface area is 124 Å². The molecule has 0 fully saturated rings. The third-order valence-corrected chi connectivity index (χ3v) is 2.77. The quantitative estimate of drug-likeness (QED) is 0.827. The number of nitrogens with zero attached hydrogens (tertiary/aromatic N) is 2. The lowest BCUT2D eigenvalue weighted by Crippen LogP contribution is -2.24. The van der Waals surface area contributed by atoms with Crippen molar-refractivity contribution in [1.29, 1.82) is 0 Å². The molecule has 0 aliphatic rings. The van der Waals surface area contributed by atoms with Crippen molar-refractivity contribution in [3.8, 4) is 0 Å². The molecule has 21 heavy (non-hydrogen) atoms. The van der Waals surface area contributed by atoms with E-state index < -0.39 is 0 Å². The molecule has 0 saturated heterocycles. The molecule has 0 atom stereocenters. The Balaban J connectivity index is 2.22. The van der Waals surface area contributed by atoms with Gasteiger partial charge in [0.15, 0.2) is 0 Å². The Morgan fingerprint density at radius 1 is 1.29 bits per heavy atom. The summed E-state index contributed by atoms with van der Waals surface area (Å²) in [7, 11) is 0. The molecule has 2 N–H and O–H groups in total. The molecular formula is C16H18N4O. The summed E-state index contributed by atoms with van der Waals surface area (Å²) < 4.78 is 0. The monoisotopic (exact) mass is 282 g/mol. The zero-order chi connectivity index (χ0) is 15.2. The fourth-order valence-corrected chi connectivity index (χ4v) is 1.85. The van der Waals surface area contributed by atoms with Crippen LogP contribution < -0.4 is 10.6 Å². The smallest absolute Gasteiger partial charge is 0.270 e. The maximum Gasteiger partial charge on any atom is 0.270 e. The summed E-state index contributed by atoms with van der Waals surface area (Å²) in [5, 5.41) is 5.82. The van der Waals surface area contributed by atoms with Gasteiger partial charge in [-0.05, 0) is 37.6 Å². The minimum atomic E-state index is -0.243. The van der Waals surface area contributed by atoms with Gasteiger partial charge in [-0.15, -0.1) is 6.58 Å². The summed E-state index contributed by atoms with van der Waals surface area (Å²) in [6, 6.07) is 9.53. The van der Waals surface area contributed by atoms with Crippen LogP contribution in [-0.2, 0) is 0 Å². The fraction of sp³-hybridized carbons (Fsp3) is 0.188. The van der Waals surface area contributed by atoms with Crippen molar-refractivity contribution < 1.29 is 4.79 Å². The van der Waals surface area contributed by atoms with E-state index in [0.717, 1.165) is 16.9 Å². The van der Waals surface area contributed by atoms with Crippen LogP contribution in [0.5, 0.6) is 0 Å². The lowest BCUT2D eigenvalue weighted by atomic mass is 10.2. The van der Waals surface area contributed by atoms with Crippen LogP contribution in [0.3, 0.4) is 0 Å². The molecule has 0 bridgehead atoms. The first-order valence-electron chi connectivity index (χ1n) is 6.67. The van der Waals surface area contributed by atoms with Gasteiger partial charge >= 0.3 is 0 Å². The van der Waals surface area contributed by atoms with Crippen molar-refractivity contribution in [2.75, 3.05) is 11.9 Å². The Bertz CT molecular complexity index is 667. The maximum absolute atomic E-state index is 11.9. The topological polar surface area (TPSA) is 66.9 Å². The molecule has 1 heterocycles. The fourth-order valence-electron chi connectivity index (χ4n) is 1.85. The standard InChI is InChI=1S/C16H18N4O/c1-4-8-17-15(21)14-10-12(3)18-16(20-14)19-13-7-5-6-11(2)9-13/h4-7,9-10H,1,8H2,2-3H3,(H,17,21)(H,18,19,20). The SMILES string of the molecule is C=CCNC(=O)c1cc(C)nc(Nc2cccc(C)c2)n1.